The molecule has 0 amide bonds. The molecule has 1 aliphatic carbocycles. The summed E-state index contributed by atoms with van der Waals surface area (Å²) in [5, 5.41) is 6.01. The highest BCUT2D eigenvalue weighted by Crippen LogP contribution is 2.34. The second-order valence-electron chi connectivity index (χ2n) is 9.92. The molecule has 2 unspecified atom stereocenters. The Kier molecular flexibility index (Phi) is 6.38. The summed E-state index contributed by atoms with van der Waals surface area (Å²) in [4.78, 5) is 2.57. The smallest absolute Gasteiger partial charge is 0.123 e. The van der Waals surface area contributed by atoms with E-state index in [0.29, 0.717) is 11.2 Å². The molecule has 3 aromatic rings. The molecule has 1 saturated heterocycles. The van der Waals surface area contributed by atoms with Crippen LogP contribution in [0.5, 0.6) is 0 Å². The van der Waals surface area contributed by atoms with Crippen LogP contribution in [0.4, 0.5) is 4.39 Å². The molecule has 5 rings (SSSR count). The quantitative estimate of drug-likeness (QED) is 0.511. The Bertz CT molecular complexity index is 1160. The van der Waals surface area contributed by atoms with E-state index in [1.807, 2.05) is 10.9 Å². The summed E-state index contributed by atoms with van der Waals surface area (Å²) in [5.41, 5.74) is 4.36. The van der Waals surface area contributed by atoms with Gasteiger partial charge in [-0.25, -0.2) is 17.6 Å². The monoisotopic (exact) mass is 468 g/mol. The van der Waals surface area contributed by atoms with Crippen LogP contribution in [0.25, 0.3) is 16.6 Å². The molecule has 0 N–H and O–H groups in total. The van der Waals surface area contributed by atoms with E-state index in [-0.39, 0.29) is 11.9 Å². The summed E-state index contributed by atoms with van der Waals surface area (Å²) in [6.45, 7) is 10.3. The van der Waals surface area contributed by atoms with Crippen molar-refractivity contribution in [2.45, 2.75) is 51.3 Å². The second-order valence-corrected chi connectivity index (χ2v) is 11.7. The van der Waals surface area contributed by atoms with Crippen LogP contribution < -0.4 is 0 Å². The molecule has 1 aliphatic heterocycles. The zero-order valence-corrected chi connectivity index (χ0v) is 20.5. The fourth-order valence-electron chi connectivity index (χ4n) is 5.07. The van der Waals surface area contributed by atoms with Gasteiger partial charge in [0.15, 0.2) is 0 Å². The van der Waals surface area contributed by atoms with E-state index in [4.69, 9.17) is 0 Å². The van der Waals surface area contributed by atoms with Gasteiger partial charge >= 0.3 is 0 Å². The molecular formula is C26H33FN4OS. The Morgan fingerprint density at radius 3 is 2.58 bits per heavy atom. The average molecular weight is 469 g/mol. The number of hydrogen-bond donors (Lipinski definition) is 0. The lowest BCUT2D eigenvalue weighted by molar-refractivity contribution is 0.106. The zero-order valence-electron chi connectivity index (χ0n) is 19.7. The van der Waals surface area contributed by atoms with Crippen LogP contribution in [0.2, 0.25) is 0 Å². The molecule has 176 valence electrons. The van der Waals surface area contributed by atoms with E-state index in [0.717, 1.165) is 55.6 Å². The number of piperazine rings is 1. The largest absolute Gasteiger partial charge is 0.293 e. The third kappa shape index (κ3) is 4.51. The predicted molar refractivity (Wildman–Crippen MR) is 132 cm³/mol. The lowest BCUT2D eigenvalue weighted by Crippen LogP contribution is -2.52. The number of halogens is 1. The maximum Gasteiger partial charge on any atom is 0.123 e. The van der Waals surface area contributed by atoms with Crippen LogP contribution in [0.3, 0.4) is 0 Å². The number of fused-ring (bicyclic) bond motifs is 1. The first-order valence-corrected chi connectivity index (χ1v) is 13.2. The number of aromatic nitrogens is 2. The highest BCUT2D eigenvalue weighted by atomic mass is 32.2. The molecule has 1 aromatic heterocycles. The number of aryl methyl sites for hydroxylation is 1. The Labute approximate surface area is 198 Å². The van der Waals surface area contributed by atoms with Crippen LogP contribution >= 0.6 is 0 Å². The normalized spacial score (nSPS) is 21.5. The van der Waals surface area contributed by atoms with E-state index >= 15 is 0 Å². The van der Waals surface area contributed by atoms with Crippen molar-refractivity contribution < 1.29 is 8.60 Å². The van der Waals surface area contributed by atoms with E-state index in [9.17, 15) is 8.60 Å². The van der Waals surface area contributed by atoms with Gasteiger partial charge in [-0.2, -0.15) is 5.10 Å². The van der Waals surface area contributed by atoms with Crippen molar-refractivity contribution in [1.29, 1.82) is 0 Å². The second kappa shape index (κ2) is 9.28. The minimum absolute atomic E-state index is 0.212. The molecule has 7 heteroatoms. The van der Waals surface area contributed by atoms with Crippen LogP contribution in [-0.2, 0) is 11.0 Å². The van der Waals surface area contributed by atoms with Crippen molar-refractivity contribution in [3.8, 4) is 5.69 Å². The lowest BCUT2D eigenvalue weighted by atomic mass is 9.96. The summed E-state index contributed by atoms with van der Waals surface area (Å²) in [6.07, 6.45) is 5.29. The van der Waals surface area contributed by atoms with Crippen molar-refractivity contribution in [1.82, 2.24) is 19.0 Å². The fourth-order valence-corrected chi connectivity index (χ4v) is 6.78. The van der Waals surface area contributed by atoms with E-state index < -0.39 is 11.0 Å². The highest BCUT2D eigenvalue weighted by Gasteiger charge is 2.36. The SMILES string of the molecule is Cc1cc2c(cnn2-c2ccc(F)cc2)cc1C1CN(S(=O)C2CCC2)CCN1CC(C)C. The van der Waals surface area contributed by atoms with Crippen molar-refractivity contribution in [3.05, 3.63) is 59.5 Å². The molecule has 2 aliphatic rings. The van der Waals surface area contributed by atoms with E-state index in [2.05, 4.69) is 47.2 Å². The summed E-state index contributed by atoms with van der Waals surface area (Å²) in [7, 11) is -0.883. The van der Waals surface area contributed by atoms with Crippen LogP contribution in [-0.4, -0.2) is 54.6 Å². The Balaban J connectivity index is 1.49. The average Bonchev–Trinajstić information content (AvgIpc) is 3.15. The number of benzene rings is 2. The van der Waals surface area contributed by atoms with Gasteiger partial charge in [0.1, 0.15) is 5.82 Å². The van der Waals surface area contributed by atoms with Crippen LogP contribution in [0, 0.1) is 18.7 Å². The van der Waals surface area contributed by atoms with Gasteiger partial charge < -0.3 is 0 Å². The van der Waals surface area contributed by atoms with Crippen molar-refractivity contribution in [3.63, 3.8) is 0 Å². The highest BCUT2D eigenvalue weighted by molar-refractivity contribution is 7.83. The summed E-state index contributed by atoms with van der Waals surface area (Å²) >= 11 is 0. The minimum atomic E-state index is -0.883. The first-order chi connectivity index (χ1) is 15.9. The molecule has 5 nitrogen and oxygen atoms in total. The van der Waals surface area contributed by atoms with Crippen molar-refractivity contribution >= 4 is 21.9 Å². The van der Waals surface area contributed by atoms with Gasteiger partial charge in [-0.15, -0.1) is 0 Å². The molecular weight excluding hydrogens is 435 g/mol. The third-order valence-electron chi connectivity index (χ3n) is 7.03. The minimum Gasteiger partial charge on any atom is -0.293 e. The number of hydrogen-bond acceptors (Lipinski definition) is 3. The van der Waals surface area contributed by atoms with Crippen molar-refractivity contribution in [2.75, 3.05) is 26.2 Å². The topological polar surface area (TPSA) is 41.4 Å². The van der Waals surface area contributed by atoms with Crippen LogP contribution in [0.1, 0.15) is 50.3 Å². The first kappa shape index (κ1) is 22.7. The maximum atomic E-state index is 13.4. The van der Waals surface area contributed by atoms with E-state index in [1.165, 1.54) is 29.7 Å². The van der Waals surface area contributed by atoms with E-state index in [1.54, 1.807) is 12.1 Å². The van der Waals surface area contributed by atoms with Gasteiger partial charge in [0.2, 0.25) is 0 Å². The Morgan fingerprint density at radius 2 is 1.91 bits per heavy atom. The molecule has 1 saturated carbocycles. The fraction of sp³-hybridized carbons (Fsp3) is 0.500. The summed E-state index contributed by atoms with van der Waals surface area (Å²) in [6, 6.07) is 11.1. The number of nitrogens with zero attached hydrogens (tertiary/aromatic N) is 4. The summed E-state index contributed by atoms with van der Waals surface area (Å²) < 4.78 is 30.6. The molecule has 0 spiro atoms. The standard InChI is InChI=1S/C26H33FN4OS/c1-18(2)16-29-11-12-30(33(32)23-5-4-6-23)17-26(29)24-14-20-15-28-31(25(20)13-19(24)3)22-9-7-21(27)8-10-22/h7-10,13-15,18,23,26H,4-6,11-12,16-17H2,1-3H3. The van der Waals surface area contributed by atoms with Crippen molar-refractivity contribution in [2.24, 2.45) is 5.92 Å². The lowest BCUT2D eigenvalue weighted by Gasteiger charge is -2.44. The first-order valence-electron chi connectivity index (χ1n) is 12.0. The Hall–Kier alpha value is -2.09. The summed E-state index contributed by atoms with van der Waals surface area (Å²) in [5.74, 6) is 0.321. The predicted octanol–water partition coefficient (Wildman–Crippen LogP) is 5.00. The maximum absolute atomic E-state index is 13.4. The van der Waals surface area contributed by atoms with Gasteiger partial charge in [-0.1, -0.05) is 20.3 Å². The molecule has 2 atom stereocenters. The molecule has 0 bridgehead atoms. The van der Waals surface area contributed by atoms with Gasteiger partial charge in [-0.05, 0) is 73.2 Å². The van der Waals surface area contributed by atoms with Gasteiger partial charge in [0.25, 0.3) is 0 Å². The molecule has 2 aromatic carbocycles. The van der Waals surface area contributed by atoms with Crippen LogP contribution in [0.15, 0.2) is 42.6 Å². The number of rotatable bonds is 6. The third-order valence-corrected chi connectivity index (χ3v) is 8.91. The molecule has 2 heterocycles. The van der Waals surface area contributed by atoms with Gasteiger partial charge in [0.05, 0.1) is 28.4 Å². The van der Waals surface area contributed by atoms with Gasteiger partial charge in [0, 0.05) is 42.9 Å². The molecule has 2 fully saturated rings. The molecule has 0 radical (unpaired) electrons. The molecule has 33 heavy (non-hydrogen) atoms. The van der Waals surface area contributed by atoms with Gasteiger partial charge in [-0.3, -0.25) is 4.90 Å². The Morgan fingerprint density at radius 1 is 1.15 bits per heavy atom. The zero-order chi connectivity index (χ0) is 23.1.